The molecule has 0 spiro atoms. The summed E-state index contributed by atoms with van der Waals surface area (Å²) in [5.41, 5.74) is 5.81. The fraction of sp³-hybridized carbons (Fsp3) is 0.417. The van der Waals surface area contributed by atoms with E-state index in [1.54, 1.807) is 12.1 Å². The minimum Gasteiger partial charge on any atom is -0.494 e. The van der Waals surface area contributed by atoms with E-state index >= 15 is 0 Å². The number of hydrogen-bond donors (Lipinski definition) is 2. The first kappa shape index (κ1) is 12.5. The summed E-state index contributed by atoms with van der Waals surface area (Å²) in [6, 6.07) is 6.33. The van der Waals surface area contributed by atoms with Gasteiger partial charge in [0, 0.05) is 5.54 Å². The van der Waals surface area contributed by atoms with Crippen LogP contribution in [0.1, 0.15) is 30.6 Å². The molecule has 0 aliphatic carbocycles. The summed E-state index contributed by atoms with van der Waals surface area (Å²) in [7, 11) is 0. The molecular weight excluding hydrogens is 206 g/mol. The van der Waals surface area contributed by atoms with Crippen molar-refractivity contribution in [2.45, 2.75) is 25.8 Å². The quantitative estimate of drug-likeness (QED) is 0.799. The summed E-state index contributed by atoms with van der Waals surface area (Å²) in [6.45, 7) is 4.39. The number of carbonyl (C=O) groups is 1. The van der Waals surface area contributed by atoms with Gasteiger partial charge in [0.2, 0.25) is 0 Å². The highest BCUT2D eigenvalue weighted by Crippen LogP contribution is 2.13. The van der Waals surface area contributed by atoms with Crippen LogP contribution in [0.5, 0.6) is 5.75 Å². The molecule has 0 aliphatic heterocycles. The van der Waals surface area contributed by atoms with E-state index in [2.05, 4.69) is 0 Å². The molecule has 0 aliphatic rings. The molecule has 1 aromatic rings. The molecule has 0 saturated carbocycles. The van der Waals surface area contributed by atoms with Gasteiger partial charge >= 0.3 is 5.97 Å². The number of carboxylic acid groups (broad SMARTS) is 1. The van der Waals surface area contributed by atoms with Crippen LogP contribution in [0.2, 0.25) is 0 Å². The van der Waals surface area contributed by atoms with E-state index in [0.717, 1.165) is 6.42 Å². The molecule has 0 atom stereocenters. The third kappa shape index (κ3) is 4.31. The van der Waals surface area contributed by atoms with Crippen LogP contribution < -0.4 is 10.5 Å². The van der Waals surface area contributed by atoms with Crippen LogP contribution in [0.4, 0.5) is 0 Å². The molecule has 0 aromatic heterocycles. The first-order valence-corrected chi connectivity index (χ1v) is 5.13. The first-order chi connectivity index (χ1) is 7.38. The molecule has 1 aromatic carbocycles. The molecule has 0 saturated heterocycles. The molecular formula is C12H17NO3. The minimum atomic E-state index is -0.936. The van der Waals surface area contributed by atoms with Crippen molar-refractivity contribution in [1.82, 2.24) is 0 Å². The van der Waals surface area contributed by atoms with Gasteiger partial charge in [0.25, 0.3) is 0 Å². The lowest BCUT2D eigenvalue weighted by atomic mass is 10.0. The fourth-order valence-electron chi connectivity index (χ4n) is 1.13. The molecule has 3 N–H and O–H groups in total. The van der Waals surface area contributed by atoms with Crippen molar-refractivity contribution in [2.24, 2.45) is 5.73 Å². The predicted octanol–water partition coefficient (Wildman–Crippen LogP) is 1.89. The molecule has 0 radical (unpaired) electrons. The first-order valence-electron chi connectivity index (χ1n) is 5.13. The summed E-state index contributed by atoms with van der Waals surface area (Å²) in [6.07, 6.45) is 0.744. The molecule has 0 bridgehead atoms. The second-order valence-corrected chi connectivity index (χ2v) is 4.42. The monoisotopic (exact) mass is 223 g/mol. The zero-order chi connectivity index (χ0) is 12.2. The van der Waals surface area contributed by atoms with Gasteiger partial charge < -0.3 is 15.6 Å². The minimum absolute atomic E-state index is 0.249. The summed E-state index contributed by atoms with van der Waals surface area (Å²) in [5, 5.41) is 8.70. The Labute approximate surface area is 95.0 Å². The number of rotatable bonds is 5. The van der Waals surface area contributed by atoms with Crippen molar-refractivity contribution in [3.05, 3.63) is 29.8 Å². The Morgan fingerprint density at radius 2 is 1.94 bits per heavy atom. The number of benzene rings is 1. The molecule has 0 amide bonds. The second-order valence-electron chi connectivity index (χ2n) is 4.42. The van der Waals surface area contributed by atoms with Gasteiger partial charge in [-0.15, -0.1) is 0 Å². The Morgan fingerprint density at radius 3 is 2.38 bits per heavy atom. The van der Waals surface area contributed by atoms with Crippen LogP contribution in [-0.2, 0) is 0 Å². The van der Waals surface area contributed by atoms with Crippen molar-refractivity contribution in [2.75, 3.05) is 6.61 Å². The molecule has 1 rings (SSSR count). The van der Waals surface area contributed by atoms with Gasteiger partial charge in [-0.1, -0.05) is 0 Å². The predicted molar refractivity (Wildman–Crippen MR) is 61.8 cm³/mol. The van der Waals surface area contributed by atoms with Gasteiger partial charge in [-0.05, 0) is 44.5 Å². The van der Waals surface area contributed by atoms with Crippen molar-refractivity contribution < 1.29 is 14.6 Å². The van der Waals surface area contributed by atoms with Crippen LogP contribution >= 0.6 is 0 Å². The van der Waals surface area contributed by atoms with E-state index < -0.39 is 5.97 Å². The maximum Gasteiger partial charge on any atom is 0.335 e. The Hall–Kier alpha value is -1.55. The lowest BCUT2D eigenvalue weighted by Gasteiger charge is -2.18. The van der Waals surface area contributed by atoms with E-state index in [1.165, 1.54) is 12.1 Å². The molecule has 16 heavy (non-hydrogen) atoms. The summed E-state index contributed by atoms with van der Waals surface area (Å²) in [4.78, 5) is 10.6. The van der Waals surface area contributed by atoms with Gasteiger partial charge in [0.05, 0.1) is 12.2 Å². The van der Waals surface area contributed by atoms with E-state index in [1.807, 2.05) is 13.8 Å². The standard InChI is InChI=1S/C12H17NO3/c1-12(2,13)7-8-16-10-5-3-9(4-6-10)11(14)15/h3-6H,7-8,13H2,1-2H3,(H,14,15). The average molecular weight is 223 g/mol. The van der Waals surface area contributed by atoms with Crippen LogP contribution in [0.3, 0.4) is 0 Å². The number of ether oxygens (including phenoxy) is 1. The Balaban J connectivity index is 2.47. The maximum absolute atomic E-state index is 10.6. The number of carboxylic acids is 1. The van der Waals surface area contributed by atoms with Gasteiger partial charge in [-0.2, -0.15) is 0 Å². The van der Waals surface area contributed by atoms with Gasteiger partial charge in [-0.25, -0.2) is 4.79 Å². The van der Waals surface area contributed by atoms with E-state index in [4.69, 9.17) is 15.6 Å². The highest BCUT2D eigenvalue weighted by molar-refractivity contribution is 5.87. The maximum atomic E-state index is 10.6. The molecule has 0 heterocycles. The highest BCUT2D eigenvalue weighted by atomic mass is 16.5. The van der Waals surface area contributed by atoms with Crippen LogP contribution in [0, 0.1) is 0 Å². The largest absolute Gasteiger partial charge is 0.494 e. The van der Waals surface area contributed by atoms with Crippen molar-refractivity contribution in [3.8, 4) is 5.75 Å². The third-order valence-corrected chi connectivity index (χ3v) is 2.12. The number of aromatic carboxylic acids is 1. The van der Waals surface area contributed by atoms with E-state index in [-0.39, 0.29) is 11.1 Å². The Morgan fingerprint density at radius 1 is 1.38 bits per heavy atom. The Kier molecular flexibility index (Phi) is 3.90. The Bertz CT molecular complexity index is 352. The van der Waals surface area contributed by atoms with Crippen molar-refractivity contribution in [3.63, 3.8) is 0 Å². The van der Waals surface area contributed by atoms with Crippen LogP contribution in [0.25, 0.3) is 0 Å². The molecule has 0 fully saturated rings. The van der Waals surface area contributed by atoms with Crippen LogP contribution in [-0.4, -0.2) is 23.2 Å². The van der Waals surface area contributed by atoms with E-state index in [9.17, 15) is 4.79 Å². The zero-order valence-electron chi connectivity index (χ0n) is 9.56. The summed E-state index contributed by atoms with van der Waals surface area (Å²) < 4.78 is 5.44. The van der Waals surface area contributed by atoms with Gasteiger partial charge in [-0.3, -0.25) is 0 Å². The molecule has 4 nitrogen and oxygen atoms in total. The highest BCUT2D eigenvalue weighted by Gasteiger charge is 2.10. The fourth-order valence-corrected chi connectivity index (χ4v) is 1.13. The SMILES string of the molecule is CC(C)(N)CCOc1ccc(C(=O)O)cc1. The smallest absolute Gasteiger partial charge is 0.335 e. The zero-order valence-corrected chi connectivity index (χ0v) is 9.56. The van der Waals surface area contributed by atoms with Crippen molar-refractivity contribution in [1.29, 1.82) is 0 Å². The van der Waals surface area contributed by atoms with E-state index in [0.29, 0.717) is 12.4 Å². The van der Waals surface area contributed by atoms with Crippen LogP contribution in [0.15, 0.2) is 24.3 Å². The lowest BCUT2D eigenvalue weighted by Crippen LogP contribution is -2.33. The number of nitrogens with two attached hydrogens (primary N) is 1. The normalized spacial score (nSPS) is 11.2. The topological polar surface area (TPSA) is 72.5 Å². The summed E-state index contributed by atoms with van der Waals surface area (Å²) >= 11 is 0. The van der Waals surface area contributed by atoms with Gasteiger partial charge in [0.15, 0.2) is 0 Å². The number of hydrogen-bond acceptors (Lipinski definition) is 3. The molecule has 88 valence electrons. The lowest BCUT2D eigenvalue weighted by molar-refractivity contribution is 0.0697. The molecule has 4 heteroatoms. The summed E-state index contributed by atoms with van der Waals surface area (Å²) in [5.74, 6) is -0.274. The second kappa shape index (κ2) is 4.99. The van der Waals surface area contributed by atoms with Gasteiger partial charge in [0.1, 0.15) is 5.75 Å². The third-order valence-electron chi connectivity index (χ3n) is 2.12. The molecule has 0 unspecified atom stereocenters. The van der Waals surface area contributed by atoms with Crippen molar-refractivity contribution >= 4 is 5.97 Å². The average Bonchev–Trinajstić information content (AvgIpc) is 2.16.